The van der Waals surface area contributed by atoms with Crippen molar-refractivity contribution in [1.29, 1.82) is 0 Å². The van der Waals surface area contributed by atoms with Crippen LogP contribution in [0.4, 0.5) is 23.7 Å². The number of aromatic nitrogens is 2. The van der Waals surface area contributed by atoms with Crippen LogP contribution in [0.3, 0.4) is 0 Å². The monoisotopic (exact) mass is 851 g/mol. The molecule has 0 radical (unpaired) electrons. The van der Waals surface area contributed by atoms with E-state index in [9.17, 15) is 27.6 Å². The van der Waals surface area contributed by atoms with Gasteiger partial charge in [0.1, 0.15) is 6.04 Å². The predicted molar refractivity (Wildman–Crippen MR) is 202 cm³/mol. The molecule has 0 spiro atoms. The summed E-state index contributed by atoms with van der Waals surface area (Å²) in [5.74, 6) is 1.19. The quantitative estimate of drug-likeness (QED) is 0.213. The number of aromatic amines is 1. The molecule has 2 aromatic carbocycles. The highest BCUT2D eigenvalue weighted by Gasteiger charge is 2.35. The number of piperidine rings is 3. The van der Waals surface area contributed by atoms with Crippen LogP contribution in [0, 0.1) is 11.8 Å². The van der Waals surface area contributed by atoms with E-state index in [2.05, 4.69) is 54.0 Å². The number of H-pyrrole nitrogens is 1. The topological polar surface area (TPSA) is 120 Å². The van der Waals surface area contributed by atoms with Crippen LogP contribution < -0.4 is 16.7 Å². The van der Waals surface area contributed by atoms with E-state index in [0.717, 1.165) is 50.2 Å². The number of hydrogen-bond donors (Lipinski definition) is 3. The van der Waals surface area contributed by atoms with Crippen LogP contribution in [-0.4, -0.2) is 88.0 Å². The number of anilines is 1. The van der Waals surface area contributed by atoms with Gasteiger partial charge in [0.2, 0.25) is 5.91 Å². The Kier molecular flexibility index (Phi) is 12.1. The van der Waals surface area contributed by atoms with Gasteiger partial charge in [0, 0.05) is 59.3 Å². The van der Waals surface area contributed by atoms with Gasteiger partial charge in [0.05, 0.1) is 16.9 Å². The number of amides is 3. The second-order valence-corrected chi connectivity index (χ2v) is 16.0. The van der Waals surface area contributed by atoms with E-state index in [0.29, 0.717) is 71.2 Å². The number of nitrogens with one attached hydrogen (secondary N) is 2. The van der Waals surface area contributed by atoms with Gasteiger partial charge >= 0.3 is 17.9 Å². The Labute approximate surface area is 318 Å². The summed E-state index contributed by atoms with van der Waals surface area (Å²) in [6.07, 6.45) is 2.60. The average Bonchev–Trinajstić information content (AvgIpc) is 3.54. The van der Waals surface area contributed by atoms with Gasteiger partial charge < -0.3 is 30.7 Å². The molecule has 4 heterocycles. The number of likely N-dealkylation sites (tertiary alicyclic amines) is 3. The molecule has 6 rings (SSSR count). The van der Waals surface area contributed by atoms with Crippen LogP contribution in [0.25, 0.3) is 11.3 Å². The zero-order valence-corrected chi connectivity index (χ0v) is 32.4. The third-order valence-electron chi connectivity index (χ3n) is 11.2. The van der Waals surface area contributed by atoms with Gasteiger partial charge in [0.25, 0.3) is 0 Å². The van der Waals surface area contributed by atoms with Crippen LogP contribution in [0.5, 0.6) is 0 Å². The Morgan fingerprint density at radius 3 is 2.12 bits per heavy atom. The Morgan fingerprint density at radius 1 is 0.923 bits per heavy atom. The van der Waals surface area contributed by atoms with Crippen molar-refractivity contribution in [3.63, 3.8) is 0 Å². The molecule has 3 fully saturated rings. The largest absolute Gasteiger partial charge is 0.416 e. The number of nitrogens with zero attached hydrogens (tertiary/aromatic N) is 4. The lowest BCUT2D eigenvalue weighted by Gasteiger charge is -2.41. The van der Waals surface area contributed by atoms with Crippen molar-refractivity contribution < 1.29 is 22.8 Å². The average molecular weight is 854 g/mol. The highest BCUT2D eigenvalue weighted by Crippen LogP contribution is 2.35. The van der Waals surface area contributed by atoms with Crippen molar-refractivity contribution in [2.75, 3.05) is 51.5 Å². The molecule has 0 bridgehead atoms. The van der Waals surface area contributed by atoms with Crippen molar-refractivity contribution in [2.24, 2.45) is 11.8 Å². The van der Waals surface area contributed by atoms with Crippen molar-refractivity contribution in [3.05, 3.63) is 73.2 Å². The molecule has 0 saturated carbocycles. The maximum absolute atomic E-state index is 14.1. The third-order valence-corrected chi connectivity index (χ3v) is 12.5. The van der Waals surface area contributed by atoms with Gasteiger partial charge in [-0.2, -0.15) is 13.2 Å². The number of rotatable bonds is 8. The number of nitrogen functional groups attached to an aromatic ring is 1. The summed E-state index contributed by atoms with van der Waals surface area (Å²) in [6.45, 7) is 7.59. The lowest BCUT2D eigenvalue weighted by atomic mass is 9.78. The highest BCUT2D eigenvalue weighted by atomic mass is 79.9. The molecule has 1 aromatic heterocycles. The van der Waals surface area contributed by atoms with E-state index in [4.69, 9.17) is 5.73 Å². The van der Waals surface area contributed by atoms with Crippen molar-refractivity contribution in [2.45, 2.75) is 70.1 Å². The summed E-state index contributed by atoms with van der Waals surface area (Å²) >= 11 is 7.00. The van der Waals surface area contributed by atoms with E-state index in [1.807, 2.05) is 17.0 Å². The number of alkyl halides is 3. The van der Waals surface area contributed by atoms with Crippen LogP contribution in [0.1, 0.15) is 62.6 Å². The number of benzene rings is 2. The van der Waals surface area contributed by atoms with Gasteiger partial charge in [-0.15, -0.1) is 0 Å². The predicted octanol–water partition coefficient (Wildman–Crippen LogP) is 6.90. The van der Waals surface area contributed by atoms with Crippen LogP contribution >= 0.6 is 31.9 Å². The molecule has 10 nitrogen and oxygen atoms in total. The number of urea groups is 1. The zero-order chi connectivity index (χ0) is 37.2. The minimum absolute atomic E-state index is 0.104. The summed E-state index contributed by atoms with van der Waals surface area (Å²) in [6, 6.07) is 7.19. The van der Waals surface area contributed by atoms with E-state index in [1.54, 1.807) is 11.1 Å². The molecule has 3 amide bonds. The number of imidazole rings is 1. The Hall–Kier alpha value is -3.30. The third kappa shape index (κ3) is 8.90. The van der Waals surface area contributed by atoms with Crippen molar-refractivity contribution in [3.8, 4) is 11.3 Å². The lowest BCUT2D eigenvalue weighted by molar-refractivity contribution is -0.137. The minimum atomic E-state index is -4.50. The first-order chi connectivity index (χ1) is 24.8. The van der Waals surface area contributed by atoms with Crippen LogP contribution in [-0.2, 0) is 17.4 Å². The molecule has 15 heteroatoms. The molecule has 3 aromatic rings. The number of carbonyl (C=O) groups is 2. The zero-order valence-electron chi connectivity index (χ0n) is 29.2. The summed E-state index contributed by atoms with van der Waals surface area (Å²) in [5.41, 5.74) is 6.87. The fraction of sp³-hybridized carbons (Fsp3) is 0.541. The molecule has 52 heavy (non-hydrogen) atoms. The Bertz CT molecular complexity index is 1770. The van der Waals surface area contributed by atoms with Gasteiger partial charge in [-0.3, -0.25) is 9.36 Å². The van der Waals surface area contributed by atoms with E-state index < -0.39 is 23.5 Å². The molecule has 3 aliphatic heterocycles. The van der Waals surface area contributed by atoms with E-state index >= 15 is 0 Å². The fourth-order valence-corrected chi connectivity index (χ4v) is 9.30. The SMILES string of the molecule is CCN1CCC(C2CCN(C(=O)[C@@H](Cc3cc(Br)c(N)c(Br)c3)NC(=O)N3CCC(n4cc(-c5cccc(C(F)(F)F)c5)[nH]c4=O)CC3)CC2)CC1. The first-order valence-corrected chi connectivity index (χ1v) is 19.7. The first kappa shape index (κ1) is 38.4. The van der Waals surface area contributed by atoms with Crippen LogP contribution in [0.15, 0.2) is 56.3 Å². The number of hydrogen-bond acceptors (Lipinski definition) is 5. The Morgan fingerprint density at radius 2 is 1.52 bits per heavy atom. The molecular weight excluding hydrogens is 807 g/mol. The van der Waals surface area contributed by atoms with Crippen molar-refractivity contribution >= 4 is 49.5 Å². The lowest BCUT2D eigenvalue weighted by Crippen LogP contribution is -2.55. The number of halogens is 5. The molecule has 282 valence electrons. The molecule has 1 atom stereocenters. The van der Waals surface area contributed by atoms with Gasteiger partial charge in [-0.25, -0.2) is 9.59 Å². The summed E-state index contributed by atoms with van der Waals surface area (Å²) in [7, 11) is 0. The van der Waals surface area contributed by atoms with Gasteiger partial charge in [-0.05, 0) is 132 Å². The fourth-order valence-electron chi connectivity index (χ4n) is 8.02. The van der Waals surface area contributed by atoms with Crippen molar-refractivity contribution in [1.82, 2.24) is 29.6 Å². The molecule has 0 unspecified atom stereocenters. The Balaban J connectivity index is 1.10. The summed E-state index contributed by atoms with van der Waals surface area (Å²) in [5, 5.41) is 3.04. The highest BCUT2D eigenvalue weighted by molar-refractivity contribution is 9.11. The number of carbonyl (C=O) groups excluding carboxylic acids is 2. The second-order valence-electron chi connectivity index (χ2n) is 14.3. The summed E-state index contributed by atoms with van der Waals surface area (Å²) < 4.78 is 42.8. The summed E-state index contributed by atoms with van der Waals surface area (Å²) in [4.78, 5) is 49.5. The molecular formula is C37H46Br2F3N7O3. The maximum Gasteiger partial charge on any atom is 0.416 e. The van der Waals surface area contributed by atoms with Gasteiger partial charge in [-0.1, -0.05) is 19.1 Å². The minimum Gasteiger partial charge on any atom is -0.397 e. The van der Waals surface area contributed by atoms with Crippen LogP contribution in [0.2, 0.25) is 0 Å². The second kappa shape index (κ2) is 16.4. The normalized spacial score (nSPS) is 19.2. The molecule has 4 N–H and O–H groups in total. The van der Waals surface area contributed by atoms with E-state index in [-0.39, 0.29) is 30.0 Å². The van der Waals surface area contributed by atoms with E-state index in [1.165, 1.54) is 29.5 Å². The smallest absolute Gasteiger partial charge is 0.397 e. The molecule has 3 saturated heterocycles. The molecule has 3 aliphatic rings. The number of nitrogens with two attached hydrogens (primary N) is 1. The standard InChI is InChI=1S/C37H46Br2F3N7O3/c1-2-46-12-6-24(7-13-46)25-8-14-47(15-9-25)34(50)31(20-23-18-29(38)33(43)30(39)19-23)44-35(51)48-16-10-28(11-17-48)49-22-32(45-36(49)52)26-4-3-5-27(21-26)37(40,41)42/h3-5,18-19,21-22,24-25,28,31H,2,6-17,20,43H2,1H3,(H,44,51)(H,45,52)/t31-/m1/s1. The first-order valence-electron chi connectivity index (χ1n) is 18.1. The van der Waals surface area contributed by atoms with Gasteiger partial charge in [0.15, 0.2) is 0 Å². The maximum atomic E-state index is 14.1. The molecule has 0 aliphatic carbocycles.